The van der Waals surface area contributed by atoms with Gasteiger partial charge in [0.05, 0.1) is 12.7 Å². The van der Waals surface area contributed by atoms with Gasteiger partial charge in [-0.3, -0.25) is 9.59 Å². The number of nitrogens with zero attached hydrogens (tertiary/aromatic N) is 1. The Morgan fingerprint density at radius 2 is 1.88 bits per heavy atom. The second kappa shape index (κ2) is 8.38. The summed E-state index contributed by atoms with van der Waals surface area (Å²) in [4.78, 5) is 41.9. The molecule has 2 rings (SSSR count). The number of likely N-dealkylation sites (tertiary alicyclic amines) is 1. The third-order valence-corrected chi connectivity index (χ3v) is 4.87. The third-order valence-electron chi connectivity index (χ3n) is 4.87. The van der Waals surface area contributed by atoms with E-state index in [4.69, 9.17) is 4.74 Å². The molecule has 1 aliphatic rings. The van der Waals surface area contributed by atoms with Crippen molar-refractivity contribution in [2.75, 3.05) is 20.2 Å². The largest absolute Gasteiger partial charge is 0.465 e. The van der Waals surface area contributed by atoms with Crippen molar-refractivity contribution in [3.63, 3.8) is 0 Å². The number of nitrogens with one attached hydrogen (secondary N) is 2. The van der Waals surface area contributed by atoms with Gasteiger partial charge in [0.1, 0.15) is 5.69 Å². The molecule has 1 aromatic rings. The number of amides is 2. The summed E-state index contributed by atoms with van der Waals surface area (Å²) < 4.78 is 4.84. The molecule has 0 unspecified atom stereocenters. The molecule has 7 nitrogen and oxygen atoms in total. The summed E-state index contributed by atoms with van der Waals surface area (Å²) in [5.41, 5.74) is 2.22. The van der Waals surface area contributed by atoms with E-state index < -0.39 is 5.97 Å². The molecule has 0 aliphatic carbocycles. The Morgan fingerprint density at radius 1 is 1.27 bits per heavy atom. The molecule has 1 aliphatic heterocycles. The monoisotopic (exact) mass is 363 g/mol. The molecule has 0 spiro atoms. The molecule has 1 aromatic heterocycles. The van der Waals surface area contributed by atoms with Crippen molar-refractivity contribution in [2.45, 2.75) is 53.0 Å². The van der Waals surface area contributed by atoms with Crippen LogP contribution in [0.1, 0.15) is 65.7 Å². The van der Waals surface area contributed by atoms with Crippen LogP contribution in [-0.2, 0) is 16.0 Å². The molecule has 2 N–H and O–H groups in total. The van der Waals surface area contributed by atoms with Crippen LogP contribution in [0.25, 0.3) is 0 Å². The topological polar surface area (TPSA) is 91.5 Å². The molecular formula is C19H29N3O4. The fraction of sp³-hybridized carbons (Fsp3) is 0.632. The van der Waals surface area contributed by atoms with Gasteiger partial charge < -0.3 is 19.9 Å². The van der Waals surface area contributed by atoms with E-state index in [9.17, 15) is 14.4 Å². The number of H-pyrrole nitrogens is 1. The number of aromatic amines is 1. The maximum absolute atomic E-state index is 12.9. The predicted octanol–water partition coefficient (Wildman–Crippen LogP) is 2.05. The average Bonchev–Trinajstić information content (AvgIpc) is 2.96. The van der Waals surface area contributed by atoms with Gasteiger partial charge >= 0.3 is 5.97 Å². The van der Waals surface area contributed by atoms with E-state index in [1.807, 2.05) is 20.8 Å². The third kappa shape index (κ3) is 4.08. The summed E-state index contributed by atoms with van der Waals surface area (Å²) in [5, 5.41) is 2.93. The van der Waals surface area contributed by atoms with Crippen molar-refractivity contribution < 1.29 is 19.1 Å². The molecular weight excluding hydrogens is 334 g/mol. The fourth-order valence-corrected chi connectivity index (χ4v) is 3.42. The van der Waals surface area contributed by atoms with Crippen LogP contribution in [0.4, 0.5) is 0 Å². The first-order valence-electron chi connectivity index (χ1n) is 9.19. The summed E-state index contributed by atoms with van der Waals surface area (Å²) in [5.74, 6) is -0.554. The Morgan fingerprint density at radius 3 is 2.38 bits per heavy atom. The van der Waals surface area contributed by atoms with Gasteiger partial charge in [0.25, 0.3) is 5.91 Å². The van der Waals surface area contributed by atoms with Gasteiger partial charge in [0.2, 0.25) is 5.91 Å². The molecule has 2 heterocycles. The minimum absolute atomic E-state index is 0.0528. The first kappa shape index (κ1) is 20.0. The van der Waals surface area contributed by atoms with Gasteiger partial charge in [-0.1, -0.05) is 6.92 Å². The number of piperidine rings is 1. The maximum atomic E-state index is 12.9. The van der Waals surface area contributed by atoms with E-state index in [1.165, 1.54) is 7.11 Å². The number of rotatable bonds is 5. The highest BCUT2D eigenvalue weighted by Gasteiger charge is 2.31. The standard InChI is InChI=1S/C19H29N3O4/c1-6-14-15(19(25)26-5)12(4)16(21-14)18(24)22-9-7-13(8-10-22)17(23)20-11(2)3/h11,13,21H,6-10H2,1-5H3,(H,20,23). The zero-order valence-electron chi connectivity index (χ0n) is 16.3. The molecule has 144 valence electrons. The van der Waals surface area contributed by atoms with Gasteiger partial charge in [0, 0.05) is 30.7 Å². The van der Waals surface area contributed by atoms with Gasteiger partial charge in [-0.05, 0) is 45.6 Å². The van der Waals surface area contributed by atoms with E-state index in [1.54, 1.807) is 11.8 Å². The molecule has 7 heteroatoms. The lowest BCUT2D eigenvalue weighted by atomic mass is 9.95. The van der Waals surface area contributed by atoms with Crippen LogP contribution in [0, 0.1) is 12.8 Å². The van der Waals surface area contributed by atoms with E-state index in [-0.39, 0.29) is 23.8 Å². The number of methoxy groups -OCH3 is 1. The van der Waals surface area contributed by atoms with Crippen molar-refractivity contribution in [1.82, 2.24) is 15.2 Å². The molecule has 0 aromatic carbocycles. The van der Waals surface area contributed by atoms with Crippen LogP contribution < -0.4 is 5.32 Å². The zero-order chi connectivity index (χ0) is 19.4. The number of aromatic nitrogens is 1. The molecule has 0 atom stereocenters. The van der Waals surface area contributed by atoms with Crippen molar-refractivity contribution in [2.24, 2.45) is 5.92 Å². The maximum Gasteiger partial charge on any atom is 0.339 e. The summed E-state index contributed by atoms with van der Waals surface area (Å²) in [7, 11) is 1.34. The number of hydrogen-bond donors (Lipinski definition) is 2. The van der Waals surface area contributed by atoms with Crippen LogP contribution in [0.15, 0.2) is 0 Å². The normalized spacial score (nSPS) is 15.2. The Bertz CT molecular complexity index is 685. The first-order chi connectivity index (χ1) is 12.3. The highest BCUT2D eigenvalue weighted by molar-refractivity contribution is 6.00. The van der Waals surface area contributed by atoms with Gasteiger partial charge in [-0.15, -0.1) is 0 Å². The Balaban J connectivity index is 2.10. The van der Waals surface area contributed by atoms with Gasteiger partial charge in [-0.25, -0.2) is 4.79 Å². The van der Waals surface area contributed by atoms with Gasteiger partial charge in [0.15, 0.2) is 0 Å². The quantitative estimate of drug-likeness (QED) is 0.783. The Hall–Kier alpha value is -2.31. The van der Waals surface area contributed by atoms with Crippen LogP contribution >= 0.6 is 0 Å². The minimum Gasteiger partial charge on any atom is -0.465 e. The summed E-state index contributed by atoms with van der Waals surface area (Å²) in [6.45, 7) is 8.62. The minimum atomic E-state index is -0.432. The first-order valence-corrected chi connectivity index (χ1v) is 9.19. The molecule has 1 fully saturated rings. The number of hydrogen-bond acceptors (Lipinski definition) is 4. The SMILES string of the molecule is CCc1[nH]c(C(=O)N2CCC(C(=O)NC(C)C)CC2)c(C)c1C(=O)OC. The van der Waals surface area contributed by atoms with Crippen LogP contribution in [-0.4, -0.2) is 53.9 Å². The van der Waals surface area contributed by atoms with Gasteiger partial charge in [-0.2, -0.15) is 0 Å². The number of aryl methyl sites for hydroxylation is 1. The highest BCUT2D eigenvalue weighted by Crippen LogP contribution is 2.24. The van der Waals surface area contributed by atoms with E-state index >= 15 is 0 Å². The second-order valence-corrected chi connectivity index (χ2v) is 7.05. The second-order valence-electron chi connectivity index (χ2n) is 7.05. The Kier molecular flexibility index (Phi) is 6.45. The number of esters is 1. The molecule has 26 heavy (non-hydrogen) atoms. The molecule has 2 amide bonds. The summed E-state index contributed by atoms with van der Waals surface area (Å²) in [6.07, 6.45) is 1.90. The molecule has 1 saturated heterocycles. The van der Waals surface area contributed by atoms with Crippen LogP contribution in [0.5, 0.6) is 0 Å². The number of carbonyl (C=O) groups excluding carboxylic acids is 3. The smallest absolute Gasteiger partial charge is 0.339 e. The molecule has 0 bridgehead atoms. The number of carbonyl (C=O) groups is 3. The van der Waals surface area contributed by atoms with E-state index in [2.05, 4.69) is 10.3 Å². The summed E-state index contributed by atoms with van der Waals surface area (Å²) >= 11 is 0. The van der Waals surface area contributed by atoms with E-state index in [0.29, 0.717) is 54.9 Å². The Labute approximate surface area is 154 Å². The average molecular weight is 363 g/mol. The predicted molar refractivity (Wildman–Crippen MR) is 98.2 cm³/mol. The van der Waals surface area contributed by atoms with Crippen molar-refractivity contribution >= 4 is 17.8 Å². The lowest BCUT2D eigenvalue weighted by Gasteiger charge is -2.31. The summed E-state index contributed by atoms with van der Waals surface area (Å²) in [6, 6.07) is 0.118. The number of ether oxygens (including phenoxy) is 1. The van der Waals surface area contributed by atoms with Crippen LogP contribution in [0.3, 0.4) is 0 Å². The van der Waals surface area contributed by atoms with Crippen molar-refractivity contribution in [1.29, 1.82) is 0 Å². The van der Waals surface area contributed by atoms with Crippen molar-refractivity contribution in [3.8, 4) is 0 Å². The van der Waals surface area contributed by atoms with E-state index in [0.717, 1.165) is 0 Å². The highest BCUT2D eigenvalue weighted by atomic mass is 16.5. The van der Waals surface area contributed by atoms with Crippen molar-refractivity contribution in [3.05, 3.63) is 22.5 Å². The fourth-order valence-electron chi connectivity index (χ4n) is 3.42. The lowest BCUT2D eigenvalue weighted by Crippen LogP contribution is -2.44. The molecule has 0 saturated carbocycles. The lowest BCUT2D eigenvalue weighted by molar-refractivity contribution is -0.126. The van der Waals surface area contributed by atoms with Crippen LogP contribution in [0.2, 0.25) is 0 Å². The molecule has 0 radical (unpaired) electrons. The zero-order valence-corrected chi connectivity index (χ0v) is 16.3.